The largest absolute Gasteiger partial charge is 0.379 e. The molecule has 1 rings (SSSR count). The van der Waals surface area contributed by atoms with Gasteiger partial charge in [-0.1, -0.05) is 6.92 Å². The zero-order valence-electron chi connectivity index (χ0n) is 10.7. The second-order valence-electron chi connectivity index (χ2n) is 4.29. The summed E-state index contributed by atoms with van der Waals surface area (Å²) >= 11 is 0. The second kappa shape index (κ2) is 8.02. The third-order valence-corrected chi connectivity index (χ3v) is 4.75. The Morgan fingerprint density at radius 1 is 1.24 bits per heavy atom. The highest BCUT2D eigenvalue weighted by Gasteiger charge is 2.09. The van der Waals surface area contributed by atoms with Crippen LogP contribution in [0.15, 0.2) is 0 Å². The predicted molar refractivity (Wildman–Crippen MR) is 69.1 cm³/mol. The molecule has 0 bridgehead atoms. The summed E-state index contributed by atoms with van der Waals surface area (Å²) in [4.78, 5) is 2.36. The van der Waals surface area contributed by atoms with Gasteiger partial charge in [0.2, 0.25) is 0 Å². The Balaban J connectivity index is 1.94. The molecule has 1 saturated heterocycles. The zero-order chi connectivity index (χ0) is 12.6. The molecule has 0 radical (unpaired) electrons. The van der Waals surface area contributed by atoms with Crippen LogP contribution in [0.5, 0.6) is 0 Å². The van der Waals surface area contributed by atoms with Crippen molar-refractivity contribution in [3.8, 4) is 0 Å². The van der Waals surface area contributed by atoms with Crippen LogP contribution in [0.4, 0.5) is 0 Å². The van der Waals surface area contributed by atoms with E-state index in [1.54, 1.807) is 6.92 Å². The van der Waals surface area contributed by atoms with Gasteiger partial charge in [0.25, 0.3) is 0 Å². The molecule has 1 heterocycles. The van der Waals surface area contributed by atoms with Gasteiger partial charge >= 0.3 is 0 Å². The quantitative estimate of drug-likeness (QED) is 0.612. The fraction of sp³-hybridized carbons (Fsp3) is 1.00. The highest BCUT2D eigenvalue weighted by molar-refractivity contribution is 7.91. The number of ether oxygens (including phenoxy) is 1. The Hall–Kier alpha value is -0.170. The van der Waals surface area contributed by atoms with Gasteiger partial charge in [0.05, 0.1) is 19.0 Å². The molecule has 1 aliphatic rings. The maximum absolute atomic E-state index is 11.2. The summed E-state index contributed by atoms with van der Waals surface area (Å²) in [6.07, 6.45) is 0.708. The standard InChI is InChI=1S/C11H24N2O3S/c1-2-17(14,15)11-3-4-12-5-6-13-7-9-16-10-8-13/h12H,2-11H2,1H3. The molecule has 102 valence electrons. The molecule has 0 aromatic rings. The van der Waals surface area contributed by atoms with Gasteiger partial charge in [0.1, 0.15) is 9.84 Å². The molecule has 0 aromatic heterocycles. The van der Waals surface area contributed by atoms with Crippen molar-refractivity contribution in [1.29, 1.82) is 0 Å². The van der Waals surface area contributed by atoms with E-state index in [1.165, 1.54) is 0 Å². The first-order valence-electron chi connectivity index (χ1n) is 6.35. The Kier molecular flexibility index (Phi) is 7.03. The van der Waals surface area contributed by atoms with Gasteiger partial charge in [0.15, 0.2) is 0 Å². The van der Waals surface area contributed by atoms with Crippen LogP contribution in [0.3, 0.4) is 0 Å². The van der Waals surface area contributed by atoms with E-state index < -0.39 is 9.84 Å². The van der Waals surface area contributed by atoms with Gasteiger partial charge in [-0.2, -0.15) is 0 Å². The van der Waals surface area contributed by atoms with Crippen LogP contribution in [-0.4, -0.2) is 70.8 Å². The number of sulfone groups is 1. The minimum absolute atomic E-state index is 0.251. The van der Waals surface area contributed by atoms with Gasteiger partial charge in [-0.25, -0.2) is 8.42 Å². The molecule has 5 nitrogen and oxygen atoms in total. The average molecular weight is 264 g/mol. The number of nitrogens with one attached hydrogen (secondary N) is 1. The number of hydrogen-bond acceptors (Lipinski definition) is 5. The molecule has 1 fully saturated rings. The van der Waals surface area contributed by atoms with Gasteiger partial charge < -0.3 is 10.1 Å². The normalized spacial score (nSPS) is 18.4. The highest BCUT2D eigenvalue weighted by atomic mass is 32.2. The lowest BCUT2D eigenvalue weighted by Crippen LogP contribution is -2.40. The fourth-order valence-corrected chi connectivity index (χ4v) is 2.62. The van der Waals surface area contributed by atoms with Crippen LogP contribution in [0.2, 0.25) is 0 Å². The lowest BCUT2D eigenvalue weighted by atomic mass is 10.4. The molecule has 1 aliphatic heterocycles. The molecule has 6 heteroatoms. The van der Waals surface area contributed by atoms with Crippen molar-refractivity contribution in [1.82, 2.24) is 10.2 Å². The van der Waals surface area contributed by atoms with Gasteiger partial charge in [-0.05, 0) is 13.0 Å². The molecular formula is C11H24N2O3S. The molecule has 0 spiro atoms. The van der Waals surface area contributed by atoms with Crippen molar-refractivity contribution in [2.24, 2.45) is 0 Å². The summed E-state index contributed by atoms with van der Waals surface area (Å²) < 4.78 is 27.7. The van der Waals surface area contributed by atoms with E-state index in [2.05, 4.69) is 10.2 Å². The predicted octanol–water partition coefficient (Wildman–Crippen LogP) is -0.267. The average Bonchev–Trinajstić information content (AvgIpc) is 2.35. The molecule has 1 N–H and O–H groups in total. The van der Waals surface area contributed by atoms with Crippen LogP contribution in [-0.2, 0) is 14.6 Å². The Morgan fingerprint density at radius 3 is 2.59 bits per heavy atom. The number of hydrogen-bond donors (Lipinski definition) is 1. The molecule has 0 aromatic carbocycles. The van der Waals surface area contributed by atoms with E-state index >= 15 is 0 Å². The van der Waals surface area contributed by atoms with Crippen LogP contribution in [0.25, 0.3) is 0 Å². The third-order valence-electron chi connectivity index (χ3n) is 2.96. The maximum Gasteiger partial charge on any atom is 0.150 e. The van der Waals surface area contributed by atoms with Gasteiger partial charge in [-0.3, -0.25) is 4.90 Å². The van der Waals surface area contributed by atoms with E-state index in [0.717, 1.165) is 45.9 Å². The lowest BCUT2D eigenvalue weighted by molar-refractivity contribution is 0.0384. The van der Waals surface area contributed by atoms with Crippen molar-refractivity contribution in [2.45, 2.75) is 13.3 Å². The second-order valence-corrected chi connectivity index (χ2v) is 6.77. The van der Waals surface area contributed by atoms with Crippen molar-refractivity contribution in [3.63, 3.8) is 0 Å². The number of morpholine rings is 1. The minimum atomic E-state index is -2.79. The minimum Gasteiger partial charge on any atom is -0.379 e. The molecule has 17 heavy (non-hydrogen) atoms. The van der Waals surface area contributed by atoms with Crippen LogP contribution in [0.1, 0.15) is 13.3 Å². The monoisotopic (exact) mass is 264 g/mol. The Labute approximate surface area is 104 Å². The van der Waals surface area contributed by atoms with Crippen molar-refractivity contribution >= 4 is 9.84 Å². The molecule has 0 saturated carbocycles. The van der Waals surface area contributed by atoms with E-state index in [1.807, 2.05) is 0 Å². The first kappa shape index (κ1) is 14.9. The highest BCUT2D eigenvalue weighted by Crippen LogP contribution is 1.95. The van der Waals surface area contributed by atoms with Crippen LogP contribution >= 0.6 is 0 Å². The van der Waals surface area contributed by atoms with E-state index in [-0.39, 0.29) is 5.75 Å². The van der Waals surface area contributed by atoms with Gasteiger partial charge in [-0.15, -0.1) is 0 Å². The van der Waals surface area contributed by atoms with Crippen molar-refractivity contribution < 1.29 is 13.2 Å². The summed E-state index contributed by atoms with van der Waals surface area (Å²) in [5.74, 6) is 0.550. The first-order chi connectivity index (χ1) is 8.14. The Bertz CT molecular complexity index is 287. The van der Waals surface area contributed by atoms with Crippen molar-refractivity contribution in [3.05, 3.63) is 0 Å². The third kappa shape index (κ3) is 6.98. The number of nitrogens with zero attached hydrogens (tertiary/aromatic N) is 1. The molecule has 0 amide bonds. The molecular weight excluding hydrogens is 240 g/mol. The summed E-state index contributed by atoms with van der Waals surface area (Å²) in [7, 11) is -2.79. The van der Waals surface area contributed by atoms with Crippen LogP contribution in [0, 0.1) is 0 Å². The zero-order valence-corrected chi connectivity index (χ0v) is 11.5. The SMILES string of the molecule is CCS(=O)(=O)CCCNCCN1CCOCC1. The van der Waals surface area contributed by atoms with Crippen LogP contribution < -0.4 is 5.32 Å². The molecule has 0 unspecified atom stereocenters. The van der Waals surface area contributed by atoms with Gasteiger partial charge in [0, 0.05) is 31.9 Å². The summed E-state index contributed by atoms with van der Waals surface area (Å²) in [6.45, 7) is 8.09. The number of rotatable bonds is 8. The van der Waals surface area contributed by atoms with E-state index in [9.17, 15) is 8.42 Å². The summed E-state index contributed by atoms with van der Waals surface area (Å²) in [5.41, 5.74) is 0. The first-order valence-corrected chi connectivity index (χ1v) is 8.17. The lowest BCUT2D eigenvalue weighted by Gasteiger charge is -2.26. The molecule has 0 aliphatic carbocycles. The van der Waals surface area contributed by atoms with Crippen molar-refractivity contribution in [2.75, 3.05) is 57.4 Å². The molecule has 0 atom stereocenters. The van der Waals surface area contributed by atoms with E-state index in [4.69, 9.17) is 4.74 Å². The summed E-state index contributed by atoms with van der Waals surface area (Å²) in [6, 6.07) is 0. The summed E-state index contributed by atoms with van der Waals surface area (Å²) in [5, 5.41) is 3.28. The smallest absolute Gasteiger partial charge is 0.150 e. The topological polar surface area (TPSA) is 58.6 Å². The van der Waals surface area contributed by atoms with E-state index in [0.29, 0.717) is 12.2 Å². The Morgan fingerprint density at radius 2 is 1.94 bits per heavy atom. The fourth-order valence-electron chi connectivity index (χ4n) is 1.75. The maximum atomic E-state index is 11.2.